The van der Waals surface area contributed by atoms with Gasteiger partial charge in [0.2, 0.25) is 5.91 Å². The van der Waals surface area contributed by atoms with Crippen LogP contribution in [0, 0.1) is 17.0 Å². The molecule has 5 rings (SSSR count). The molecule has 0 N–H and O–H groups in total. The van der Waals surface area contributed by atoms with Crippen molar-refractivity contribution in [3.63, 3.8) is 0 Å². The number of carbonyl (C=O) groups excluding carboxylic acids is 3. The lowest BCUT2D eigenvalue weighted by atomic mass is 9.99. The van der Waals surface area contributed by atoms with E-state index in [1.54, 1.807) is 44.2 Å². The first-order chi connectivity index (χ1) is 18.4. The number of fused-ring (bicyclic) bond motifs is 1. The van der Waals surface area contributed by atoms with Gasteiger partial charge < -0.3 is 4.90 Å². The van der Waals surface area contributed by atoms with Gasteiger partial charge in [-0.15, -0.1) is 11.3 Å². The summed E-state index contributed by atoms with van der Waals surface area (Å²) in [7, 11) is 0. The minimum Gasteiger partial charge on any atom is -0.321 e. The highest BCUT2D eigenvalue weighted by molar-refractivity contribution is 7.21. The van der Waals surface area contributed by atoms with Crippen molar-refractivity contribution in [1.29, 1.82) is 0 Å². The third-order valence-electron chi connectivity index (χ3n) is 6.62. The van der Waals surface area contributed by atoms with Crippen LogP contribution in [0.1, 0.15) is 43.1 Å². The first-order valence-corrected chi connectivity index (χ1v) is 13.2. The van der Waals surface area contributed by atoms with Gasteiger partial charge in [-0.05, 0) is 81.8 Å². The maximum atomic E-state index is 13.6. The van der Waals surface area contributed by atoms with Gasteiger partial charge >= 0.3 is 0 Å². The summed E-state index contributed by atoms with van der Waals surface area (Å²) in [5.74, 6) is -1.38. The summed E-state index contributed by atoms with van der Waals surface area (Å²) >= 11 is 1.57. The number of rotatable bonds is 5. The number of nitrogens with zero attached hydrogens (tertiary/aromatic N) is 4. The molecular formula is C29H26N4O5S. The maximum Gasteiger partial charge on any atom is 0.269 e. The second kappa shape index (κ2) is 9.70. The molecule has 1 atom stereocenters. The van der Waals surface area contributed by atoms with Crippen molar-refractivity contribution in [2.24, 2.45) is 0 Å². The fourth-order valence-corrected chi connectivity index (χ4v) is 5.85. The second-order valence-electron chi connectivity index (χ2n) is 10.5. The minimum atomic E-state index is -1.01. The molecule has 0 radical (unpaired) electrons. The molecule has 10 heteroatoms. The summed E-state index contributed by atoms with van der Waals surface area (Å²) in [4.78, 5) is 57.9. The van der Waals surface area contributed by atoms with E-state index in [0.717, 1.165) is 31.3 Å². The van der Waals surface area contributed by atoms with Gasteiger partial charge in [0.15, 0.2) is 0 Å². The number of aromatic nitrogens is 1. The Labute approximate surface area is 228 Å². The number of nitro groups is 1. The van der Waals surface area contributed by atoms with Crippen molar-refractivity contribution in [3.05, 3.63) is 88.0 Å². The van der Waals surface area contributed by atoms with Crippen LogP contribution < -0.4 is 4.90 Å². The Morgan fingerprint density at radius 3 is 2.33 bits per heavy atom. The fraction of sp³-hybridized carbons (Fsp3) is 0.241. The van der Waals surface area contributed by atoms with E-state index in [-0.39, 0.29) is 17.7 Å². The molecule has 1 saturated heterocycles. The Morgan fingerprint density at radius 1 is 1.05 bits per heavy atom. The minimum absolute atomic E-state index is 0.142. The molecule has 39 heavy (non-hydrogen) atoms. The summed E-state index contributed by atoms with van der Waals surface area (Å²) in [5.41, 5.74) is 2.62. The number of carbonyl (C=O) groups is 3. The number of nitro benzene ring substituents is 1. The normalized spacial score (nSPS) is 15.7. The number of benzene rings is 3. The van der Waals surface area contributed by atoms with Crippen molar-refractivity contribution in [1.82, 2.24) is 9.88 Å². The Bertz CT molecular complexity index is 1620. The van der Waals surface area contributed by atoms with Crippen molar-refractivity contribution in [3.8, 4) is 10.6 Å². The molecule has 0 spiro atoms. The van der Waals surface area contributed by atoms with Crippen LogP contribution in [0.25, 0.3) is 20.8 Å². The molecule has 3 amide bonds. The van der Waals surface area contributed by atoms with Crippen LogP contribution in [0.4, 0.5) is 11.4 Å². The van der Waals surface area contributed by atoms with Crippen LogP contribution in [0.15, 0.2) is 66.7 Å². The predicted octanol–water partition coefficient (Wildman–Crippen LogP) is 5.75. The topological polar surface area (TPSA) is 114 Å². The Kier molecular flexibility index (Phi) is 6.51. The van der Waals surface area contributed by atoms with Gasteiger partial charge in [0.05, 0.1) is 27.2 Å². The van der Waals surface area contributed by atoms with Crippen LogP contribution in [0.5, 0.6) is 0 Å². The number of amides is 3. The standard InChI is InChI=1S/C29H26N4O5S/c1-17-5-14-22-24(15-17)39-26(30-22)18-6-10-20(11-7-18)31-25(34)16-23(28(31)36)32(29(2,3)4)27(35)19-8-12-21(13-9-19)33(37)38/h5-15,23H,16H2,1-4H3. The number of anilines is 1. The van der Waals surface area contributed by atoms with Gasteiger partial charge in [-0.2, -0.15) is 0 Å². The highest BCUT2D eigenvalue weighted by Crippen LogP contribution is 2.34. The SMILES string of the molecule is Cc1ccc2nc(-c3ccc(N4C(=O)CC(N(C(=O)c5ccc([N+](=O)[O-])cc5)C(C)(C)C)C4=O)cc3)sc2c1. The zero-order valence-electron chi connectivity index (χ0n) is 21.9. The molecule has 9 nitrogen and oxygen atoms in total. The molecule has 1 unspecified atom stereocenters. The lowest BCUT2D eigenvalue weighted by molar-refractivity contribution is -0.384. The maximum absolute atomic E-state index is 13.6. The summed E-state index contributed by atoms with van der Waals surface area (Å²) in [6.07, 6.45) is -0.159. The smallest absolute Gasteiger partial charge is 0.269 e. The molecule has 0 aliphatic carbocycles. The largest absolute Gasteiger partial charge is 0.321 e. The first-order valence-electron chi connectivity index (χ1n) is 12.4. The van der Waals surface area contributed by atoms with E-state index < -0.39 is 34.2 Å². The Morgan fingerprint density at radius 2 is 1.72 bits per heavy atom. The third kappa shape index (κ3) is 4.90. The van der Waals surface area contributed by atoms with E-state index in [4.69, 9.17) is 4.98 Å². The number of imide groups is 1. The first kappa shape index (κ1) is 26.2. The van der Waals surface area contributed by atoms with Gasteiger partial charge in [-0.1, -0.05) is 6.07 Å². The summed E-state index contributed by atoms with van der Waals surface area (Å²) in [6, 6.07) is 17.4. The van der Waals surface area contributed by atoms with Crippen LogP contribution in [0.2, 0.25) is 0 Å². The summed E-state index contributed by atoms with van der Waals surface area (Å²) < 4.78 is 1.08. The Balaban J connectivity index is 1.41. The van der Waals surface area contributed by atoms with Crippen LogP contribution in [-0.2, 0) is 9.59 Å². The van der Waals surface area contributed by atoms with Crippen molar-refractivity contribution < 1.29 is 19.3 Å². The molecule has 3 aromatic carbocycles. The monoisotopic (exact) mass is 542 g/mol. The summed E-state index contributed by atoms with van der Waals surface area (Å²) in [6.45, 7) is 7.38. The van der Waals surface area contributed by atoms with Crippen LogP contribution >= 0.6 is 11.3 Å². The quantitative estimate of drug-likeness (QED) is 0.180. The number of hydrogen-bond donors (Lipinski definition) is 0. The van der Waals surface area contributed by atoms with E-state index >= 15 is 0 Å². The van der Waals surface area contributed by atoms with E-state index in [1.807, 2.05) is 31.2 Å². The summed E-state index contributed by atoms with van der Waals surface area (Å²) in [5, 5.41) is 11.8. The van der Waals surface area contributed by atoms with Crippen molar-refractivity contribution >= 4 is 50.6 Å². The second-order valence-corrected chi connectivity index (χ2v) is 11.5. The third-order valence-corrected chi connectivity index (χ3v) is 7.68. The molecule has 198 valence electrons. The van der Waals surface area contributed by atoms with E-state index in [2.05, 4.69) is 6.07 Å². The number of aryl methyl sites for hydroxylation is 1. The predicted molar refractivity (Wildman–Crippen MR) is 150 cm³/mol. The van der Waals surface area contributed by atoms with E-state index in [0.29, 0.717) is 5.69 Å². The highest BCUT2D eigenvalue weighted by Gasteiger charge is 2.47. The van der Waals surface area contributed by atoms with Crippen LogP contribution in [-0.4, -0.2) is 44.1 Å². The number of thiazole rings is 1. The molecule has 1 aromatic heterocycles. The zero-order chi connectivity index (χ0) is 28.1. The lowest BCUT2D eigenvalue weighted by Gasteiger charge is -2.39. The van der Waals surface area contributed by atoms with Crippen LogP contribution in [0.3, 0.4) is 0 Å². The van der Waals surface area contributed by atoms with E-state index in [9.17, 15) is 24.5 Å². The molecule has 4 aromatic rings. The number of hydrogen-bond acceptors (Lipinski definition) is 7. The van der Waals surface area contributed by atoms with Gasteiger partial charge in [0.1, 0.15) is 11.0 Å². The van der Waals surface area contributed by atoms with Gasteiger partial charge in [-0.25, -0.2) is 9.88 Å². The van der Waals surface area contributed by atoms with Gasteiger partial charge in [0, 0.05) is 28.8 Å². The molecular weight excluding hydrogens is 516 g/mol. The Hall–Kier alpha value is -4.44. The molecule has 1 aliphatic rings. The van der Waals surface area contributed by atoms with Gasteiger partial charge in [0.25, 0.3) is 17.5 Å². The average molecular weight is 543 g/mol. The average Bonchev–Trinajstić information content (AvgIpc) is 3.43. The zero-order valence-corrected chi connectivity index (χ0v) is 22.7. The molecule has 2 heterocycles. The molecule has 1 aliphatic heterocycles. The van der Waals surface area contributed by atoms with Crippen molar-refractivity contribution in [2.45, 2.75) is 45.7 Å². The van der Waals surface area contributed by atoms with Crippen molar-refractivity contribution in [2.75, 3.05) is 4.90 Å². The molecule has 1 fully saturated rings. The molecule has 0 saturated carbocycles. The lowest BCUT2D eigenvalue weighted by Crippen LogP contribution is -2.54. The van der Waals surface area contributed by atoms with E-state index in [1.165, 1.54) is 29.2 Å². The highest BCUT2D eigenvalue weighted by atomic mass is 32.1. The number of non-ortho nitro benzene ring substituents is 1. The fourth-order valence-electron chi connectivity index (χ4n) is 4.78. The molecule has 0 bridgehead atoms. The van der Waals surface area contributed by atoms with Gasteiger partial charge in [-0.3, -0.25) is 24.5 Å².